The van der Waals surface area contributed by atoms with Crippen molar-refractivity contribution in [2.75, 3.05) is 13.1 Å². The first kappa shape index (κ1) is 14.1. The maximum absolute atomic E-state index is 13.8. The molecule has 1 aromatic carbocycles. The van der Waals surface area contributed by atoms with Crippen LogP contribution in [0.2, 0.25) is 0 Å². The second kappa shape index (κ2) is 5.15. The highest BCUT2D eigenvalue weighted by molar-refractivity contribution is 5.99. The monoisotopic (exact) mass is 291 g/mol. The lowest BCUT2D eigenvalue weighted by molar-refractivity contribution is -0.0592. The fourth-order valence-corrected chi connectivity index (χ4v) is 2.90. The van der Waals surface area contributed by atoms with Crippen LogP contribution in [0.5, 0.6) is 0 Å². The molecule has 0 aliphatic carbocycles. The highest BCUT2D eigenvalue weighted by Gasteiger charge is 2.30. The summed E-state index contributed by atoms with van der Waals surface area (Å²) in [5.41, 5.74) is 0.828. The van der Waals surface area contributed by atoms with E-state index in [0.29, 0.717) is 24.0 Å². The molecule has 0 spiro atoms. The molecule has 0 saturated carbocycles. The zero-order chi connectivity index (χ0) is 15.1. The molecule has 1 aliphatic heterocycles. The predicted octanol–water partition coefficient (Wildman–Crippen LogP) is 3.13. The third kappa shape index (κ3) is 2.42. The van der Waals surface area contributed by atoms with Gasteiger partial charge in [-0.25, -0.2) is 4.39 Å². The fraction of sp³-hybridized carbons (Fsp3) is 0.438. The minimum absolute atomic E-state index is 0.0147. The van der Waals surface area contributed by atoms with Crippen molar-refractivity contribution in [2.24, 2.45) is 0 Å². The number of halogens is 1. The number of ether oxygens (including phenoxy) is 1. The Kier molecular flexibility index (Phi) is 3.45. The normalized spacial score (nSPS) is 22.8. The number of amides is 1. The molecule has 0 N–H and O–H groups in total. The summed E-state index contributed by atoms with van der Waals surface area (Å²) in [6, 6.07) is 4.71. The molecule has 1 aromatic heterocycles. The molecule has 0 unspecified atom stereocenters. The van der Waals surface area contributed by atoms with Crippen LogP contribution in [0.1, 0.15) is 30.0 Å². The van der Waals surface area contributed by atoms with Crippen LogP contribution in [0.3, 0.4) is 0 Å². The molecule has 1 fully saturated rings. The summed E-state index contributed by atoms with van der Waals surface area (Å²) in [4.78, 5) is 14.4. The van der Waals surface area contributed by atoms with E-state index >= 15 is 0 Å². The van der Waals surface area contributed by atoms with Crippen molar-refractivity contribution in [3.05, 3.63) is 35.3 Å². The van der Waals surface area contributed by atoms with Crippen molar-refractivity contribution in [1.82, 2.24) is 4.90 Å². The van der Waals surface area contributed by atoms with Gasteiger partial charge in [-0.1, -0.05) is 12.1 Å². The number of morpholine rings is 1. The largest absolute Gasteiger partial charge is 0.448 e. The van der Waals surface area contributed by atoms with Gasteiger partial charge in [0.1, 0.15) is 0 Å². The minimum Gasteiger partial charge on any atom is -0.448 e. The summed E-state index contributed by atoms with van der Waals surface area (Å²) in [6.45, 7) is 6.68. The molecular weight excluding hydrogens is 273 g/mol. The SMILES string of the molecule is Cc1c(C(=O)N2C[C@@H](C)O[C@@H](C)C2)oc2c(F)cccc12. The molecule has 0 bridgehead atoms. The van der Waals surface area contributed by atoms with E-state index in [-0.39, 0.29) is 29.5 Å². The maximum Gasteiger partial charge on any atom is 0.290 e. The van der Waals surface area contributed by atoms with Crippen molar-refractivity contribution >= 4 is 16.9 Å². The number of hydrogen-bond acceptors (Lipinski definition) is 3. The fourth-order valence-electron chi connectivity index (χ4n) is 2.90. The summed E-state index contributed by atoms with van der Waals surface area (Å²) >= 11 is 0. The van der Waals surface area contributed by atoms with E-state index in [1.54, 1.807) is 24.0 Å². The average molecular weight is 291 g/mol. The lowest BCUT2D eigenvalue weighted by Gasteiger charge is -2.34. The predicted molar refractivity (Wildman–Crippen MR) is 76.8 cm³/mol. The Morgan fingerprint density at radius 1 is 1.29 bits per heavy atom. The van der Waals surface area contributed by atoms with E-state index < -0.39 is 5.82 Å². The van der Waals surface area contributed by atoms with Gasteiger partial charge in [-0.05, 0) is 26.8 Å². The van der Waals surface area contributed by atoms with E-state index in [4.69, 9.17) is 9.15 Å². The van der Waals surface area contributed by atoms with Gasteiger partial charge in [0.05, 0.1) is 12.2 Å². The summed E-state index contributed by atoms with van der Waals surface area (Å²) < 4.78 is 24.9. The molecule has 2 atom stereocenters. The van der Waals surface area contributed by atoms with Crippen molar-refractivity contribution in [3.8, 4) is 0 Å². The van der Waals surface area contributed by atoms with Crippen molar-refractivity contribution in [1.29, 1.82) is 0 Å². The Morgan fingerprint density at radius 3 is 2.57 bits per heavy atom. The van der Waals surface area contributed by atoms with Crippen LogP contribution in [-0.2, 0) is 4.74 Å². The van der Waals surface area contributed by atoms with Crippen LogP contribution in [-0.4, -0.2) is 36.1 Å². The average Bonchev–Trinajstić information content (AvgIpc) is 2.76. The van der Waals surface area contributed by atoms with Crippen molar-refractivity contribution in [2.45, 2.75) is 33.0 Å². The Balaban J connectivity index is 1.98. The quantitative estimate of drug-likeness (QED) is 0.810. The maximum atomic E-state index is 13.8. The molecule has 21 heavy (non-hydrogen) atoms. The molecule has 5 heteroatoms. The van der Waals surface area contributed by atoms with Gasteiger partial charge in [-0.15, -0.1) is 0 Å². The van der Waals surface area contributed by atoms with Gasteiger partial charge in [-0.2, -0.15) is 0 Å². The first-order valence-corrected chi connectivity index (χ1v) is 7.09. The van der Waals surface area contributed by atoms with E-state index in [0.717, 1.165) is 0 Å². The topological polar surface area (TPSA) is 42.7 Å². The van der Waals surface area contributed by atoms with Gasteiger partial charge in [0.2, 0.25) is 0 Å². The number of para-hydroxylation sites is 1. The van der Waals surface area contributed by atoms with E-state index in [1.165, 1.54) is 6.07 Å². The molecule has 2 aromatic rings. The smallest absolute Gasteiger partial charge is 0.290 e. The highest BCUT2D eigenvalue weighted by Crippen LogP contribution is 2.28. The number of fused-ring (bicyclic) bond motifs is 1. The summed E-state index contributed by atoms with van der Waals surface area (Å²) in [7, 11) is 0. The van der Waals surface area contributed by atoms with Crippen LogP contribution >= 0.6 is 0 Å². The third-order valence-corrected chi connectivity index (χ3v) is 3.82. The number of carbonyl (C=O) groups is 1. The van der Waals surface area contributed by atoms with Gasteiger partial charge in [0, 0.05) is 24.0 Å². The summed E-state index contributed by atoms with van der Waals surface area (Å²) in [5, 5.41) is 0.646. The molecule has 1 saturated heterocycles. The zero-order valence-electron chi connectivity index (χ0n) is 12.4. The number of rotatable bonds is 1. The summed E-state index contributed by atoms with van der Waals surface area (Å²) in [6.07, 6.45) is -0.0294. The van der Waals surface area contributed by atoms with E-state index in [9.17, 15) is 9.18 Å². The number of aryl methyl sites for hydroxylation is 1. The Labute approximate surface area is 122 Å². The Morgan fingerprint density at radius 2 is 1.95 bits per heavy atom. The van der Waals surface area contributed by atoms with Gasteiger partial charge in [0.25, 0.3) is 5.91 Å². The standard InChI is InChI=1S/C16H18FNO3/c1-9-7-18(8-10(2)20-9)16(19)14-11(3)12-5-4-6-13(17)15(12)21-14/h4-6,9-10H,7-8H2,1-3H3/t9-,10+. The number of nitrogens with zero attached hydrogens (tertiary/aromatic N) is 1. The van der Waals surface area contributed by atoms with E-state index in [2.05, 4.69) is 0 Å². The second-order valence-electron chi connectivity index (χ2n) is 5.64. The minimum atomic E-state index is -0.446. The summed E-state index contributed by atoms with van der Waals surface area (Å²) in [5.74, 6) is -0.431. The molecule has 1 amide bonds. The molecule has 2 heterocycles. The number of hydrogen-bond donors (Lipinski definition) is 0. The van der Waals surface area contributed by atoms with Crippen molar-refractivity contribution < 1.29 is 18.3 Å². The Hall–Kier alpha value is -1.88. The zero-order valence-corrected chi connectivity index (χ0v) is 12.4. The number of furan rings is 1. The van der Waals surface area contributed by atoms with Crippen LogP contribution in [0, 0.1) is 12.7 Å². The third-order valence-electron chi connectivity index (χ3n) is 3.82. The highest BCUT2D eigenvalue weighted by atomic mass is 19.1. The van der Waals surface area contributed by atoms with Crippen LogP contribution in [0.15, 0.2) is 22.6 Å². The number of carbonyl (C=O) groups excluding carboxylic acids is 1. The molecule has 4 nitrogen and oxygen atoms in total. The molecule has 3 rings (SSSR count). The van der Waals surface area contributed by atoms with Gasteiger partial charge in [0.15, 0.2) is 17.2 Å². The Bertz CT molecular complexity index is 684. The van der Waals surface area contributed by atoms with Gasteiger partial charge < -0.3 is 14.1 Å². The first-order chi connectivity index (χ1) is 9.97. The molecular formula is C16H18FNO3. The molecule has 112 valence electrons. The second-order valence-corrected chi connectivity index (χ2v) is 5.64. The van der Waals surface area contributed by atoms with Crippen LogP contribution < -0.4 is 0 Å². The number of benzene rings is 1. The van der Waals surface area contributed by atoms with Crippen LogP contribution in [0.25, 0.3) is 11.0 Å². The first-order valence-electron chi connectivity index (χ1n) is 7.09. The lowest BCUT2D eigenvalue weighted by atomic mass is 10.1. The van der Waals surface area contributed by atoms with Gasteiger partial charge >= 0.3 is 0 Å². The van der Waals surface area contributed by atoms with Crippen molar-refractivity contribution in [3.63, 3.8) is 0 Å². The molecule has 1 aliphatic rings. The van der Waals surface area contributed by atoms with Gasteiger partial charge in [-0.3, -0.25) is 4.79 Å². The van der Waals surface area contributed by atoms with Crippen LogP contribution in [0.4, 0.5) is 4.39 Å². The molecule has 0 radical (unpaired) electrons. The van der Waals surface area contributed by atoms with E-state index in [1.807, 2.05) is 13.8 Å². The lowest BCUT2D eigenvalue weighted by Crippen LogP contribution is -2.48.